The minimum atomic E-state index is -5.29. The number of carbonyl (C=O) groups is 2. The van der Waals surface area contributed by atoms with Crippen LogP contribution >= 0.6 is 11.6 Å². The molecule has 4 aromatic rings. The second-order valence-corrected chi connectivity index (χ2v) is 13.5. The molecule has 2 amide bonds. The van der Waals surface area contributed by atoms with Crippen LogP contribution in [0.15, 0.2) is 83.9 Å². The van der Waals surface area contributed by atoms with Crippen molar-refractivity contribution in [2.75, 3.05) is 49.6 Å². The van der Waals surface area contributed by atoms with Crippen LogP contribution in [0.25, 0.3) is 0 Å². The van der Waals surface area contributed by atoms with Gasteiger partial charge in [0.05, 0.1) is 19.9 Å². The Morgan fingerprint density at radius 3 is 2.32 bits per heavy atom. The topological polar surface area (TPSA) is 131 Å². The zero-order valence-corrected chi connectivity index (χ0v) is 28.1. The van der Waals surface area contributed by atoms with E-state index in [4.69, 9.17) is 21.1 Å². The summed E-state index contributed by atoms with van der Waals surface area (Å²) < 4.78 is 84.7. The highest BCUT2D eigenvalue weighted by atomic mass is 35.5. The van der Waals surface area contributed by atoms with E-state index in [1.807, 2.05) is 4.90 Å². The summed E-state index contributed by atoms with van der Waals surface area (Å²) in [5.74, 6) is -2.06. The van der Waals surface area contributed by atoms with Crippen molar-refractivity contribution in [2.45, 2.75) is 23.1 Å². The third-order valence-corrected chi connectivity index (χ3v) is 10.6. The third-order valence-electron chi connectivity index (χ3n) is 8.58. The molecule has 6 rings (SSSR count). The molecule has 3 aromatic carbocycles. The molecular formula is C33H29ClF3N5O7S. The van der Waals surface area contributed by atoms with Crippen LogP contribution in [-0.4, -0.2) is 82.1 Å². The standard InChI is InChI=1S/C33H29ClF3N5O7S/c1-47-22-10-12-28(27(19-22)49-33(35,36)37)50(45,46)42-25-11-9-21(34)18-24(25)32(31(42)44,23-6-3-4-7-26(23)48-2)20-30(43)41-16-14-40(15-17-41)29-8-5-13-38-39-29/h3-13,18-19H,14-17,20H2,1-2H3. The Hall–Kier alpha value is -5.09. The molecule has 1 aromatic heterocycles. The fraction of sp³-hybridized carbons (Fsp3) is 0.273. The quantitative estimate of drug-likeness (QED) is 0.237. The molecule has 262 valence electrons. The third kappa shape index (κ3) is 6.24. The Balaban J connectivity index is 1.47. The molecule has 1 unspecified atom stereocenters. The summed E-state index contributed by atoms with van der Waals surface area (Å²) in [7, 11) is -2.63. The van der Waals surface area contributed by atoms with Crippen LogP contribution in [-0.2, 0) is 25.0 Å². The molecule has 0 N–H and O–H groups in total. The Morgan fingerprint density at radius 1 is 0.920 bits per heavy atom. The Morgan fingerprint density at radius 2 is 1.66 bits per heavy atom. The lowest BCUT2D eigenvalue weighted by molar-refractivity contribution is -0.275. The lowest BCUT2D eigenvalue weighted by Gasteiger charge is -2.37. The van der Waals surface area contributed by atoms with Gasteiger partial charge in [-0.3, -0.25) is 9.59 Å². The number of amides is 2. The number of halogens is 4. The predicted molar refractivity (Wildman–Crippen MR) is 175 cm³/mol. The lowest BCUT2D eigenvalue weighted by atomic mass is 9.72. The molecule has 12 nitrogen and oxygen atoms in total. The summed E-state index contributed by atoms with van der Waals surface area (Å²) in [5.41, 5.74) is -2.06. The van der Waals surface area contributed by atoms with E-state index in [9.17, 15) is 26.4 Å². The first-order valence-electron chi connectivity index (χ1n) is 15.1. The van der Waals surface area contributed by atoms with Crippen molar-refractivity contribution < 1.29 is 45.4 Å². The molecule has 0 spiro atoms. The number of para-hydroxylation sites is 1. The summed E-state index contributed by atoms with van der Waals surface area (Å²) >= 11 is 6.45. The number of rotatable bonds is 9. The van der Waals surface area contributed by atoms with E-state index in [-0.39, 0.29) is 46.4 Å². The van der Waals surface area contributed by atoms with Crippen LogP contribution in [0.5, 0.6) is 17.2 Å². The van der Waals surface area contributed by atoms with Crippen molar-refractivity contribution in [3.8, 4) is 17.2 Å². The second kappa shape index (κ2) is 13.3. The van der Waals surface area contributed by atoms with Crippen LogP contribution in [0.4, 0.5) is 24.7 Å². The zero-order valence-electron chi connectivity index (χ0n) is 26.6. The van der Waals surface area contributed by atoms with E-state index in [2.05, 4.69) is 14.9 Å². The summed E-state index contributed by atoms with van der Waals surface area (Å²) in [5, 5.41) is 8.14. The SMILES string of the molecule is COc1ccc(S(=O)(=O)N2C(=O)C(CC(=O)N3CCN(c4cccnn4)CC3)(c3ccccc3OC)c3cc(Cl)ccc32)c(OC(F)(F)F)c1. The van der Waals surface area contributed by atoms with Crippen molar-refractivity contribution in [1.82, 2.24) is 15.1 Å². The van der Waals surface area contributed by atoms with Crippen molar-refractivity contribution in [1.29, 1.82) is 0 Å². The van der Waals surface area contributed by atoms with Gasteiger partial charge in [0, 0.05) is 55.4 Å². The Labute approximate surface area is 290 Å². The van der Waals surface area contributed by atoms with Gasteiger partial charge in [-0.2, -0.15) is 5.10 Å². The molecule has 3 heterocycles. The maximum Gasteiger partial charge on any atom is 0.573 e. The molecule has 0 aliphatic carbocycles. The van der Waals surface area contributed by atoms with Gasteiger partial charge in [-0.15, -0.1) is 18.3 Å². The number of benzene rings is 3. The Bertz CT molecular complexity index is 2050. The van der Waals surface area contributed by atoms with Crippen molar-refractivity contribution >= 4 is 44.9 Å². The highest BCUT2D eigenvalue weighted by Crippen LogP contribution is 2.54. The van der Waals surface area contributed by atoms with Gasteiger partial charge in [0.1, 0.15) is 21.8 Å². The summed E-state index contributed by atoms with van der Waals surface area (Å²) in [4.78, 5) is 31.8. The number of methoxy groups -OCH3 is 2. The Kier molecular flexibility index (Phi) is 9.26. The number of sulfonamides is 1. The number of alkyl halides is 3. The molecule has 0 bridgehead atoms. The first kappa shape index (κ1) is 34.8. The van der Waals surface area contributed by atoms with Gasteiger partial charge in [-0.1, -0.05) is 29.8 Å². The molecule has 0 radical (unpaired) electrons. The van der Waals surface area contributed by atoms with Gasteiger partial charge in [0.25, 0.3) is 15.9 Å². The summed E-state index contributed by atoms with van der Waals surface area (Å²) in [6.45, 7) is 1.31. The van der Waals surface area contributed by atoms with Gasteiger partial charge in [0.15, 0.2) is 11.6 Å². The average molecular weight is 732 g/mol. The van der Waals surface area contributed by atoms with Gasteiger partial charge in [-0.05, 0) is 54.1 Å². The van der Waals surface area contributed by atoms with E-state index in [1.165, 1.54) is 38.5 Å². The number of hydrogen-bond donors (Lipinski definition) is 0. The zero-order chi connectivity index (χ0) is 35.8. The van der Waals surface area contributed by atoms with E-state index < -0.39 is 50.7 Å². The average Bonchev–Trinajstić information content (AvgIpc) is 3.35. The lowest BCUT2D eigenvalue weighted by Crippen LogP contribution is -2.52. The second-order valence-electron chi connectivity index (χ2n) is 11.3. The minimum absolute atomic E-state index is 0.0430. The largest absolute Gasteiger partial charge is 0.573 e. The van der Waals surface area contributed by atoms with E-state index >= 15 is 4.79 Å². The maximum absolute atomic E-state index is 15.0. The highest BCUT2D eigenvalue weighted by Gasteiger charge is 2.59. The number of carbonyl (C=O) groups excluding carboxylic acids is 2. The van der Waals surface area contributed by atoms with Crippen LogP contribution in [0.3, 0.4) is 0 Å². The fourth-order valence-corrected chi connectivity index (χ4v) is 8.06. The normalized spacial score (nSPS) is 17.8. The minimum Gasteiger partial charge on any atom is -0.497 e. The smallest absolute Gasteiger partial charge is 0.497 e. The number of piperazine rings is 1. The van der Waals surface area contributed by atoms with Gasteiger partial charge in [-0.25, -0.2) is 12.7 Å². The molecule has 0 saturated carbocycles. The van der Waals surface area contributed by atoms with Crippen molar-refractivity contribution in [3.05, 3.63) is 95.1 Å². The van der Waals surface area contributed by atoms with Crippen LogP contribution in [0, 0.1) is 0 Å². The monoisotopic (exact) mass is 731 g/mol. The fourth-order valence-electron chi connectivity index (χ4n) is 6.30. The molecule has 1 saturated heterocycles. The summed E-state index contributed by atoms with van der Waals surface area (Å²) in [6.07, 6.45) is -4.31. The number of fused-ring (bicyclic) bond motifs is 1. The van der Waals surface area contributed by atoms with Gasteiger partial charge < -0.3 is 24.0 Å². The number of nitrogens with zero attached hydrogens (tertiary/aromatic N) is 5. The van der Waals surface area contributed by atoms with Gasteiger partial charge in [0.2, 0.25) is 5.91 Å². The molecule has 2 aliphatic heterocycles. The molecular weight excluding hydrogens is 703 g/mol. The summed E-state index contributed by atoms with van der Waals surface area (Å²) in [6, 6.07) is 16.5. The van der Waals surface area contributed by atoms with Crippen LogP contribution < -0.4 is 23.4 Å². The molecule has 2 aliphatic rings. The highest BCUT2D eigenvalue weighted by molar-refractivity contribution is 7.93. The van der Waals surface area contributed by atoms with Crippen LogP contribution in [0.2, 0.25) is 5.02 Å². The molecule has 17 heteroatoms. The predicted octanol–water partition coefficient (Wildman–Crippen LogP) is 4.81. The van der Waals surface area contributed by atoms with E-state index in [1.54, 1.807) is 41.4 Å². The maximum atomic E-state index is 15.0. The van der Waals surface area contributed by atoms with Crippen molar-refractivity contribution in [3.63, 3.8) is 0 Å². The van der Waals surface area contributed by atoms with E-state index in [0.717, 1.165) is 18.2 Å². The first-order valence-corrected chi connectivity index (χ1v) is 16.9. The number of ether oxygens (including phenoxy) is 3. The molecule has 1 atom stereocenters. The van der Waals surface area contributed by atoms with Crippen LogP contribution in [0.1, 0.15) is 17.5 Å². The number of aromatic nitrogens is 2. The number of anilines is 2. The first-order chi connectivity index (χ1) is 23.8. The molecule has 50 heavy (non-hydrogen) atoms. The number of hydrogen-bond acceptors (Lipinski definition) is 10. The van der Waals surface area contributed by atoms with Crippen molar-refractivity contribution in [2.24, 2.45) is 0 Å². The van der Waals surface area contributed by atoms with E-state index in [0.29, 0.717) is 23.2 Å². The van der Waals surface area contributed by atoms with Gasteiger partial charge >= 0.3 is 6.36 Å². The molecule has 1 fully saturated rings.